The molecule has 3 aromatic rings. The number of benzene rings is 3. The van der Waals surface area contributed by atoms with Gasteiger partial charge in [0.2, 0.25) is 5.90 Å². The van der Waals surface area contributed by atoms with E-state index < -0.39 is 11.9 Å². The van der Waals surface area contributed by atoms with Crippen molar-refractivity contribution >= 4 is 53.2 Å². The van der Waals surface area contributed by atoms with Crippen molar-refractivity contribution < 1.29 is 23.8 Å². The van der Waals surface area contributed by atoms with E-state index in [1.807, 2.05) is 0 Å². The molecule has 0 aliphatic carbocycles. The zero-order valence-electron chi connectivity index (χ0n) is 17.8. The molecule has 1 aliphatic rings. The molecule has 4 rings (SSSR count). The van der Waals surface area contributed by atoms with Crippen LogP contribution in [0.15, 0.2) is 83.5 Å². The molecule has 0 N–H and O–H groups in total. The highest BCUT2D eigenvalue weighted by atomic mass is 35.5. The van der Waals surface area contributed by atoms with Crippen LogP contribution in [0.4, 0.5) is 0 Å². The number of rotatable bonds is 6. The highest BCUT2D eigenvalue weighted by molar-refractivity contribution is 6.31. The summed E-state index contributed by atoms with van der Waals surface area (Å²) in [6.45, 7) is 0. The Morgan fingerprint density at radius 2 is 1.71 bits per heavy atom. The molecule has 0 saturated heterocycles. The minimum atomic E-state index is -0.652. The monoisotopic (exact) mass is 493 g/mol. The molecule has 0 radical (unpaired) electrons. The highest BCUT2D eigenvalue weighted by Crippen LogP contribution is 2.29. The number of nitrogens with zero attached hydrogens (tertiary/aromatic N) is 1. The minimum Gasteiger partial charge on any atom is -0.496 e. The van der Waals surface area contributed by atoms with Crippen LogP contribution in [-0.4, -0.2) is 24.9 Å². The van der Waals surface area contributed by atoms with Gasteiger partial charge in [0.05, 0.1) is 12.7 Å². The molecular weight excluding hydrogens is 477 g/mol. The van der Waals surface area contributed by atoms with Crippen LogP contribution in [-0.2, 0) is 14.3 Å². The summed E-state index contributed by atoms with van der Waals surface area (Å²) in [5.74, 6) is -0.448. The second kappa shape index (κ2) is 10.4. The van der Waals surface area contributed by atoms with Crippen molar-refractivity contribution in [1.29, 1.82) is 0 Å². The van der Waals surface area contributed by atoms with Gasteiger partial charge in [-0.05, 0) is 54.1 Å². The first-order valence-electron chi connectivity index (χ1n) is 10.0. The number of carbonyl (C=O) groups is 2. The number of hydrogen-bond donors (Lipinski definition) is 0. The molecule has 8 heteroatoms. The molecule has 0 atom stereocenters. The van der Waals surface area contributed by atoms with Crippen LogP contribution >= 0.6 is 23.2 Å². The van der Waals surface area contributed by atoms with Crippen LogP contribution in [0, 0.1) is 0 Å². The third kappa shape index (κ3) is 5.54. The van der Waals surface area contributed by atoms with Gasteiger partial charge in [-0.1, -0.05) is 53.5 Å². The molecule has 6 nitrogen and oxygen atoms in total. The molecular formula is C26H17Cl2NO5. The molecule has 0 bridgehead atoms. The lowest BCUT2D eigenvalue weighted by Gasteiger charge is -2.07. The Bertz CT molecular complexity index is 1340. The van der Waals surface area contributed by atoms with Crippen molar-refractivity contribution in [2.24, 2.45) is 4.99 Å². The van der Waals surface area contributed by atoms with Gasteiger partial charge in [-0.3, -0.25) is 0 Å². The van der Waals surface area contributed by atoms with Crippen LogP contribution in [0.25, 0.3) is 12.2 Å². The first-order valence-corrected chi connectivity index (χ1v) is 10.8. The first-order chi connectivity index (χ1) is 16.4. The number of hydrogen-bond acceptors (Lipinski definition) is 6. The standard InChI is InChI=1S/C26H17Cl2NO5/c1-32-23-12-11-19(28)15-20(23)25-29-21(26(31)34-25)14-17-4-2-3-5-22(17)33-24(30)13-8-16-6-9-18(27)10-7-16/h2-15H,1H3/b13-8+,21-14-. The Balaban J connectivity index is 1.57. The Morgan fingerprint density at radius 3 is 2.47 bits per heavy atom. The zero-order valence-corrected chi connectivity index (χ0v) is 19.3. The van der Waals surface area contributed by atoms with Crippen molar-refractivity contribution in [3.8, 4) is 11.5 Å². The fourth-order valence-electron chi connectivity index (χ4n) is 3.09. The second-order valence-electron chi connectivity index (χ2n) is 7.02. The van der Waals surface area contributed by atoms with Gasteiger partial charge in [-0.25, -0.2) is 14.6 Å². The van der Waals surface area contributed by atoms with Gasteiger partial charge in [-0.15, -0.1) is 0 Å². The summed E-state index contributed by atoms with van der Waals surface area (Å²) < 4.78 is 16.1. The van der Waals surface area contributed by atoms with E-state index in [1.54, 1.807) is 72.8 Å². The summed E-state index contributed by atoms with van der Waals surface area (Å²) in [5, 5.41) is 1.04. The van der Waals surface area contributed by atoms with E-state index in [0.29, 0.717) is 26.9 Å². The summed E-state index contributed by atoms with van der Waals surface area (Å²) >= 11 is 11.9. The molecule has 1 aliphatic heterocycles. The number of carbonyl (C=O) groups excluding carboxylic acids is 2. The van der Waals surface area contributed by atoms with Crippen LogP contribution in [0.1, 0.15) is 16.7 Å². The van der Waals surface area contributed by atoms with E-state index in [1.165, 1.54) is 19.3 Å². The summed E-state index contributed by atoms with van der Waals surface area (Å²) in [6.07, 6.45) is 4.40. The summed E-state index contributed by atoms with van der Waals surface area (Å²) in [4.78, 5) is 29.1. The summed E-state index contributed by atoms with van der Waals surface area (Å²) in [6, 6.07) is 18.7. The Kier molecular flexibility index (Phi) is 7.11. The van der Waals surface area contributed by atoms with Gasteiger partial charge in [0.25, 0.3) is 0 Å². The number of esters is 2. The Labute approximate surface area is 205 Å². The van der Waals surface area contributed by atoms with Gasteiger partial charge >= 0.3 is 11.9 Å². The van der Waals surface area contributed by atoms with Gasteiger partial charge in [0, 0.05) is 21.7 Å². The van der Waals surface area contributed by atoms with E-state index in [9.17, 15) is 9.59 Å². The lowest BCUT2D eigenvalue weighted by Crippen LogP contribution is -2.07. The van der Waals surface area contributed by atoms with Crippen molar-refractivity contribution in [2.45, 2.75) is 0 Å². The summed E-state index contributed by atoms with van der Waals surface area (Å²) in [7, 11) is 1.49. The van der Waals surface area contributed by atoms with Crippen LogP contribution < -0.4 is 9.47 Å². The Hall–Kier alpha value is -3.87. The first kappa shape index (κ1) is 23.3. The highest BCUT2D eigenvalue weighted by Gasteiger charge is 2.27. The average Bonchev–Trinajstić information content (AvgIpc) is 3.20. The quantitative estimate of drug-likeness (QED) is 0.240. The predicted octanol–water partition coefficient (Wildman–Crippen LogP) is 5.97. The lowest BCUT2D eigenvalue weighted by molar-refractivity contribution is -0.130. The maximum Gasteiger partial charge on any atom is 0.363 e. The van der Waals surface area contributed by atoms with Crippen molar-refractivity contribution in [3.63, 3.8) is 0 Å². The topological polar surface area (TPSA) is 74.2 Å². The van der Waals surface area contributed by atoms with E-state index in [2.05, 4.69) is 4.99 Å². The summed E-state index contributed by atoms with van der Waals surface area (Å²) in [5.41, 5.74) is 1.76. The number of ether oxygens (including phenoxy) is 3. The fourth-order valence-corrected chi connectivity index (χ4v) is 3.39. The van der Waals surface area contributed by atoms with Gasteiger partial charge < -0.3 is 14.2 Å². The molecule has 0 aromatic heterocycles. The van der Waals surface area contributed by atoms with Crippen molar-refractivity contribution in [2.75, 3.05) is 7.11 Å². The van der Waals surface area contributed by atoms with E-state index in [0.717, 1.165) is 5.56 Å². The molecule has 0 amide bonds. The van der Waals surface area contributed by atoms with Crippen molar-refractivity contribution in [3.05, 3.63) is 105 Å². The third-order valence-electron chi connectivity index (χ3n) is 4.72. The Morgan fingerprint density at radius 1 is 0.971 bits per heavy atom. The molecule has 34 heavy (non-hydrogen) atoms. The maximum absolute atomic E-state index is 12.5. The largest absolute Gasteiger partial charge is 0.496 e. The number of aliphatic imine (C=N–C) groups is 1. The van der Waals surface area contributed by atoms with E-state index >= 15 is 0 Å². The van der Waals surface area contributed by atoms with E-state index in [4.69, 9.17) is 37.4 Å². The van der Waals surface area contributed by atoms with Crippen LogP contribution in [0.5, 0.6) is 11.5 Å². The molecule has 0 saturated carbocycles. The number of cyclic esters (lactones) is 1. The van der Waals surface area contributed by atoms with Crippen molar-refractivity contribution in [1.82, 2.24) is 0 Å². The molecule has 0 spiro atoms. The average molecular weight is 494 g/mol. The maximum atomic E-state index is 12.5. The van der Waals surface area contributed by atoms with Crippen LogP contribution in [0.3, 0.4) is 0 Å². The van der Waals surface area contributed by atoms with Crippen LogP contribution in [0.2, 0.25) is 10.0 Å². The molecule has 0 fully saturated rings. The smallest absolute Gasteiger partial charge is 0.363 e. The normalized spacial score (nSPS) is 14.3. The van der Waals surface area contributed by atoms with Gasteiger partial charge in [0.1, 0.15) is 11.5 Å². The molecule has 1 heterocycles. The predicted molar refractivity (Wildman–Crippen MR) is 131 cm³/mol. The fraction of sp³-hybridized carbons (Fsp3) is 0.0385. The third-order valence-corrected chi connectivity index (χ3v) is 5.20. The number of methoxy groups -OCH3 is 1. The molecule has 170 valence electrons. The number of para-hydroxylation sites is 1. The SMILES string of the molecule is COc1ccc(Cl)cc1C1=N/C(=C\c2ccccc2OC(=O)/C=C/c2ccc(Cl)cc2)C(=O)O1. The minimum absolute atomic E-state index is 0.0391. The van der Waals surface area contributed by atoms with Gasteiger partial charge in [0.15, 0.2) is 5.70 Å². The second-order valence-corrected chi connectivity index (χ2v) is 7.90. The molecule has 3 aromatic carbocycles. The van der Waals surface area contributed by atoms with Gasteiger partial charge in [-0.2, -0.15) is 0 Å². The van der Waals surface area contributed by atoms with E-state index in [-0.39, 0.29) is 17.3 Å². The molecule has 0 unspecified atom stereocenters. The lowest BCUT2D eigenvalue weighted by atomic mass is 10.1. The number of halogens is 2. The zero-order chi connectivity index (χ0) is 24.1.